The number of nitrogens with one attached hydrogen (secondary N) is 1. The summed E-state index contributed by atoms with van der Waals surface area (Å²) in [4.78, 5) is 11.0. The number of non-ortho nitro benzene ring substituents is 1. The molecule has 2 aromatic rings. The molecule has 2 aliphatic carbocycles. The van der Waals surface area contributed by atoms with Gasteiger partial charge in [-0.25, -0.2) is 0 Å². The van der Waals surface area contributed by atoms with Crippen LogP contribution in [-0.2, 0) is 0 Å². The van der Waals surface area contributed by atoms with Gasteiger partial charge in [0.2, 0.25) is 0 Å². The molecular weight excluding hydrogens is 324 g/mol. The van der Waals surface area contributed by atoms with Gasteiger partial charge in [-0.3, -0.25) is 10.1 Å². The number of hydrogen-bond acceptors (Lipinski definition) is 3. The molecule has 1 aliphatic heterocycles. The summed E-state index contributed by atoms with van der Waals surface area (Å²) in [7, 11) is 0. The summed E-state index contributed by atoms with van der Waals surface area (Å²) in [5.41, 5.74) is 6.52. The van der Waals surface area contributed by atoms with Crippen molar-refractivity contribution in [1.82, 2.24) is 0 Å². The summed E-state index contributed by atoms with van der Waals surface area (Å²) >= 11 is 0. The van der Waals surface area contributed by atoms with Gasteiger partial charge in [-0.15, -0.1) is 0 Å². The highest BCUT2D eigenvalue weighted by molar-refractivity contribution is 5.62. The van der Waals surface area contributed by atoms with Gasteiger partial charge in [0.05, 0.1) is 11.0 Å². The van der Waals surface area contributed by atoms with Gasteiger partial charge in [-0.05, 0) is 79.5 Å². The zero-order valence-electron chi connectivity index (χ0n) is 15.2. The van der Waals surface area contributed by atoms with E-state index in [1.807, 2.05) is 12.1 Å². The highest BCUT2D eigenvalue weighted by Gasteiger charge is 2.54. The van der Waals surface area contributed by atoms with Crippen LogP contribution in [0.5, 0.6) is 0 Å². The third-order valence-corrected chi connectivity index (χ3v) is 7.05. The quantitative estimate of drug-likeness (QED) is 0.575. The van der Waals surface area contributed by atoms with E-state index >= 15 is 0 Å². The number of nitro groups is 1. The molecule has 5 atom stereocenters. The van der Waals surface area contributed by atoms with Gasteiger partial charge in [-0.2, -0.15) is 0 Å². The van der Waals surface area contributed by atoms with Gasteiger partial charge < -0.3 is 5.32 Å². The van der Waals surface area contributed by atoms with E-state index in [-0.39, 0.29) is 10.6 Å². The number of hydrogen-bond donors (Lipinski definition) is 1. The van der Waals surface area contributed by atoms with E-state index in [9.17, 15) is 10.1 Å². The Morgan fingerprint density at radius 1 is 1.04 bits per heavy atom. The molecule has 0 aromatic heterocycles. The Kier molecular flexibility index (Phi) is 3.40. The number of fused-ring (bicyclic) bond motifs is 7. The zero-order chi connectivity index (χ0) is 18.0. The van der Waals surface area contributed by atoms with Crippen molar-refractivity contribution < 1.29 is 4.92 Å². The predicted molar refractivity (Wildman–Crippen MR) is 102 cm³/mol. The van der Waals surface area contributed by atoms with Crippen LogP contribution in [0, 0.1) is 41.7 Å². The number of nitro benzene ring substituents is 1. The van der Waals surface area contributed by atoms with Gasteiger partial charge in [0.1, 0.15) is 0 Å². The maximum Gasteiger partial charge on any atom is 0.269 e. The first-order valence-electron chi connectivity index (χ1n) is 9.65. The number of benzene rings is 2. The molecule has 2 saturated carbocycles. The predicted octanol–water partition coefficient (Wildman–Crippen LogP) is 5.51. The van der Waals surface area contributed by atoms with Crippen LogP contribution in [0.4, 0.5) is 11.4 Å². The average molecular weight is 348 g/mol. The third kappa shape index (κ3) is 2.21. The number of anilines is 1. The molecule has 0 unspecified atom stereocenters. The second kappa shape index (κ2) is 5.57. The van der Waals surface area contributed by atoms with E-state index in [1.165, 1.54) is 41.5 Å². The van der Waals surface area contributed by atoms with Crippen LogP contribution in [0.25, 0.3) is 0 Å². The van der Waals surface area contributed by atoms with Gasteiger partial charge >= 0.3 is 0 Å². The van der Waals surface area contributed by atoms with E-state index in [2.05, 4.69) is 37.4 Å². The Hall–Kier alpha value is -2.36. The smallest absolute Gasteiger partial charge is 0.269 e. The molecule has 0 radical (unpaired) electrons. The van der Waals surface area contributed by atoms with E-state index in [0.717, 1.165) is 11.6 Å². The fourth-order valence-corrected chi connectivity index (χ4v) is 5.99. The molecule has 26 heavy (non-hydrogen) atoms. The molecule has 4 heteroatoms. The molecular formula is C22H24N2O2. The monoisotopic (exact) mass is 348 g/mol. The molecule has 2 aromatic carbocycles. The van der Waals surface area contributed by atoms with E-state index in [4.69, 9.17) is 0 Å². The molecule has 134 valence electrons. The van der Waals surface area contributed by atoms with Crippen LogP contribution < -0.4 is 5.32 Å². The van der Waals surface area contributed by atoms with Crippen LogP contribution in [0.3, 0.4) is 0 Å². The Balaban J connectivity index is 1.66. The van der Waals surface area contributed by atoms with Crippen molar-refractivity contribution in [2.24, 2.45) is 17.8 Å². The van der Waals surface area contributed by atoms with Crippen molar-refractivity contribution in [3.05, 3.63) is 68.8 Å². The summed E-state index contributed by atoms with van der Waals surface area (Å²) in [5.74, 6) is 2.41. The van der Waals surface area contributed by atoms with E-state index in [0.29, 0.717) is 23.8 Å². The van der Waals surface area contributed by atoms with Gasteiger partial charge in [0.15, 0.2) is 0 Å². The van der Waals surface area contributed by atoms with Gasteiger partial charge in [0, 0.05) is 17.8 Å². The molecule has 2 fully saturated rings. The lowest BCUT2D eigenvalue weighted by Gasteiger charge is -2.44. The van der Waals surface area contributed by atoms with Crippen molar-refractivity contribution in [3.63, 3.8) is 0 Å². The van der Waals surface area contributed by atoms with E-state index in [1.54, 1.807) is 6.07 Å². The lowest BCUT2D eigenvalue weighted by atomic mass is 9.67. The summed E-state index contributed by atoms with van der Waals surface area (Å²) in [5, 5.41) is 15.1. The lowest BCUT2D eigenvalue weighted by molar-refractivity contribution is -0.384. The molecule has 1 N–H and O–H groups in total. The fraction of sp³-hybridized carbons (Fsp3) is 0.455. The van der Waals surface area contributed by atoms with Crippen molar-refractivity contribution in [2.75, 3.05) is 5.32 Å². The third-order valence-electron chi connectivity index (χ3n) is 7.05. The van der Waals surface area contributed by atoms with Crippen LogP contribution >= 0.6 is 0 Å². The highest BCUT2D eigenvalue weighted by atomic mass is 16.6. The number of nitrogens with zero attached hydrogens (tertiary/aromatic N) is 1. The molecule has 0 spiro atoms. The molecule has 5 rings (SSSR count). The van der Waals surface area contributed by atoms with Crippen molar-refractivity contribution in [2.45, 2.75) is 45.1 Å². The van der Waals surface area contributed by atoms with E-state index < -0.39 is 0 Å². The minimum Gasteiger partial charge on any atom is -0.378 e. The molecule has 2 bridgehead atoms. The maximum absolute atomic E-state index is 11.3. The summed E-state index contributed by atoms with van der Waals surface area (Å²) in [6.45, 7) is 4.35. The first-order chi connectivity index (χ1) is 12.5. The Bertz CT molecular complexity index is 907. The van der Waals surface area contributed by atoms with Gasteiger partial charge in [-0.1, -0.05) is 23.8 Å². The van der Waals surface area contributed by atoms with Crippen LogP contribution in [0.15, 0.2) is 36.4 Å². The second-order valence-corrected chi connectivity index (χ2v) is 8.45. The summed E-state index contributed by atoms with van der Waals surface area (Å²) in [6.07, 6.45) is 3.85. The van der Waals surface area contributed by atoms with Crippen molar-refractivity contribution >= 4 is 11.4 Å². The maximum atomic E-state index is 11.3. The summed E-state index contributed by atoms with van der Waals surface area (Å²) < 4.78 is 0. The standard InChI is InChI=1S/C22H24N2O2/c1-12-3-4-13(2)17(9-12)22-21-15-6-5-14(10-15)20(21)18-11-16(24(25)26)7-8-19(18)23-22/h3-4,7-9,11,14-15,20-23H,5-6,10H2,1-2H3/t14-,15-,20+,21-,22-/m0/s1. The van der Waals surface area contributed by atoms with Crippen LogP contribution in [0.2, 0.25) is 0 Å². The SMILES string of the molecule is Cc1ccc(C)c([C@@H]2Nc3ccc([N+](=O)[O-])cc3[C@H]3[C@H]4CC[C@@H](C4)[C@@H]32)c1. The fourth-order valence-electron chi connectivity index (χ4n) is 5.99. The van der Waals surface area contributed by atoms with Crippen LogP contribution in [0.1, 0.15) is 53.5 Å². The normalized spacial score (nSPS) is 31.2. The summed E-state index contributed by atoms with van der Waals surface area (Å²) in [6, 6.07) is 12.4. The Morgan fingerprint density at radius 3 is 2.65 bits per heavy atom. The average Bonchev–Trinajstić information content (AvgIpc) is 3.25. The minimum absolute atomic E-state index is 0.220. The molecule has 0 saturated heterocycles. The van der Waals surface area contributed by atoms with Crippen molar-refractivity contribution in [1.29, 1.82) is 0 Å². The second-order valence-electron chi connectivity index (χ2n) is 8.45. The largest absolute Gasteiger partial charge is 0.378 e. The zero-order valence-corrected chi connectivity index (χ0v) is 15.2. The molecule has 4 nitrogen and oxygen atoms in total. The van der Waals surface area contributed by atoms with Crippen molar-refractivity contribution in [3.8, 4) is 0 Å². The van der Waals surface area contributed by atoms with Gasteiger partial charge in [0.25, 0.3) is 5.69 Å². The number of rotatable bonds is 2. The Morgan fingerprint density at radius 2 is 1.85 bits per heavy atom. The molecule has 3 aliphatic rings. The first kappa shape index (κ1) is 15.9. The molecule has 1 heterocycles. The number of aryl methyl sites for hydroxylation is 2. The highest BCUT2D eigenvalue weighted by Crippen LogP contribution is 2.64. The Labute approximate surface area is 153 Å². The lowest BCUT2D eigenvalue weighted by Crippen LogP contribution is -2.35. The minimum atomic E-state index is -0.265. The molecule has 0 amide bonds. The topological polar surface area (TPSA) is 55.2 Å². The first-order valence-corrected chi connectivity index (χ1v) is 9.65. The van der Waals surface area contributed by atoms with Crippen LogP contribution in [-0.4, -0.2) is 4.92 Å².